The molecule has 0 aliphatic rings. The average molecular weight is 354 g/mol. The molecule has 0 bridgehead atoms. The number of nitrogens with one attached hydrogen (secondary N) is 1. The summed E-state index contributed by atoms with van der Waals surface area (Å²) in [5.74, 6) is 0.389. The topological polar surface area (TPSA) is 58.6 Å². The van der Waals surface area contributed by atoms with Crippen LogP contribution < -0.4 is 10.1 Å². The molecule has 2 aromatic rings. The Balaban J connectivity index is 1.79. The van der Waals surface area contributed by atoms with Gasteiger partial charge in [0, 0.05) is 19.6 Å². The predicted molar refractivity (Wildman–Crippen MR) is 102 cm³/mol. The number of benzene rings is 2. The summed E-state index contributed by atoms with van der Waals surface area (Å²) in [6.45, 7) is 3.48. The van der Waals surface area contributed by atoms with Gasteiger partial charge in [-0.25, -0.2) is 0 Å². The number of hydrogen-bond acceptors (Lipinski definition) is 3. The van der Waals surface area contributed by atoms with E-state index in [4.69, 9.17) is 4.74 Å². The van der Waals surface area contributed by atoms with Gasteiger partial charge in [0.2, 0.25) is 11.8 Å². The van der Waals surface area contributed by atoms with E-state index in [1.54, 1.807) is 12.0 Å². The van der Waals surface area contributed by atoms with Crippen molar-refractivity contribution < 1.29 is 14.3 Å². The van der Waals surface area contributed by atoms with Crippen molar-refractivity contribution in [1.82, 2.24) is 10.2 Å². The predicted octanol–water partition coefficient (Wildman–Crippen LogP) is 2.79. The number of carbonyl (C=O) groups is 2. The summed E-state index contributed by atoms with van der Waals surface area (Å²) in [6, 6.07) is 17.5. The number of ether oxygens (including phenoxy) is 1. The quantitative estimate of drug-likeness (QED) is 0.705. The normalized spacial score (nSPS) is 10.2. The largest absolute Gasteiger partial charge is 0.496 e. The molecule has 0 fully saturated rings. The van der Waals surface area contributed by atoms with E-state index >= 15 is 0 Å². The summed E-state index contributed by atoms with van der Waals surface area (Å²) < 4.78 is 5.30. The third kappa shape index (κ3) is 5.92. The highest BCUT2D eigenvalue weighted by atomic mass is 16.5. The summed E-state index contributed by atoms with van der Waals surface area (Å²) >= 11 is 0. The van der Waals surface area contributed by atoms with Crippen molar-refractivity contribution in [3.8, 4) is 5.75 Å². The lowest BCUT2D eigenvalue weighted by Crippen LogP contribution is -2.35. The first-order valence-electron chi connectivity index (χ1n) is 8.84. The van der Waals surface area contributed by atoms with Gasteiger partial charge in [-0.2, -0.15) is 0 Å². The molecule has 2 amide bonds. The Labute approximate surface area is 155 Å². The zero-order chi connectivity index (χ0) is 18.8. The third-order valence-corrected chi connectivity index (χ3v) is 4.17. The first-order chi connectivity index (χ1) is 12.6. The molecule has 2 rings (SSSR count). The van der Waals surface area contributed by atoms with Crippen LogP contribution in [-0.2, 0) is 22.6 Å². The number of para-hydroxylation sites is 1. The van der Waals surface area contributed by atoms with E-state index in [-0.39, 0.29) is 18.2 Å². The molecule has 0 aliphatic heterocycles. The number of nitrogens with zero attached hydrogens (tertiary/aromatic N) is 1. The lowest BCUT2D eigenvalue weighted by molar-refractivity contribution is -0.136. The van der Waals surface area contributed by atoms with Crippen LogP contribution in [0.15, 0.2) is 54.6 Å². The van der Waals surface area contributed by atoms with Crippen LogP contribution in [0.4, 0.5) is 0 Å². The van der Waals surface area contributed by atoms with Crippen LogP contribution in [0.3, 0.4) is 0 Å². The smallest absolute Gasteiger partial charge is 0.232 e. The number of carbonyl (C=O) groups excluding carboxylic acids is 2. The molecule has 0 unspecified atom stereocenters. The molecule has 0 saturated carbocycles. The maximum atomic E-state index is 12.4. The standard InChI is InChI=1S/C21H26N2O3/c1-3-23(16-17-9-5-4-6-10-17)21(25)15-20(24)22-14-13-18-11-7-8-12-19(18)26-2/h4-12H,3,13-16H2,1-2H3,(H,22,24). The lowest BCUT2D eigenvalue weighted by Gasteiger charge is -2.21. The van der Waals surface area contributed by atoms with Crippen LogP contribution in [-0.4, -0.2) is 36.9 Å². The van der Waals surface area contributed by atoms with E-state index in [1.807, 2.05) is 61.5 Å². The Bertz CT molecular complexity index is 716. The lowest BCUT2D eigenvalue weighted by atomic mass is 10.1. The molecule has 1 N–H and O–H groups in total. The van der Waals surface area contributed by atoms with Crippen molar-refractivity contribution in [3.05, 3.63) is 65.7 Å². The van der Waals surface area contributed by atoms with Gasteiger partial charge in [-0.15, -0.1) is 0 Å². The molecule has 5 nitrogen and oxygen atoms in total. The fraction of sp³-hybridized carbons (Fsp3) is 0.333. The summed E-state index contributed by atoms with van der Waals surface area (Å²) in [7, 11) is 1.63. The number of rotatable bonds is 9. The number of hydrogen-bond donors (Lipinski definition) is 1. The van der Waals surface area contributed by atoms with E-state index in [0.29, 0.717) is 26.1 Å². The monoisotopic (exact) mass is 354 g/mol. The van der Waals surface area contributed by atoms with Gasteiger partial charge in [0.25, 0.3) is 0 Å². The fourth-order valence-electron chi connectivity index (χ4n) is 2.74. The van der Waals surface area contributed by atoms with Gasteiger partial charge in [-0.1, -0.05) is 48.5 Å². The van der Waals surface area contributed by atoms with Gasteiger partial charge in [-0.05, 0) is 30.5 Å². The summed E-state index contributed by atoms with van der Waals surface area (Å²) in [4.78, 5) is 26.1. The molecule has 0 aromatic heterocycles. The maximum absolute atomic E-state index is 12.4. The van der Waals surface area contributed by atoms with Crippen LogP contribution in [0.5, 0.6) is 5.75 Å². The molecule has 0 heterocycles. The van der Waals surface area contributed by atoms with Crippen LogP contribution in [0.2, 0.25) is 0 Å². The first kappa shape index (κ1) is 19.5. The Kier molecular flexibility index (Phi) is 7.68. The van der Waals surface area contributed by atoms with E-state index in [9.17, 15) is 9.59 Å². The van der Waals surface area contributed by atoms with Crippen LogP contribution >= 0.6 is 0 Å². The van der Waals surface area contributed by atoms with Gasteiger partial charge < -0.3 is 15.0 Å². The summed E-state index contributed by atoms with van der Waals surface area (Å²) in [5.41, 5.74) is 2.08. The van der Waals surface area contributed by atoms with Gasteiger partial charge >= 0.3 is 0 Å². The van der Waals surface area contributed by atoms with E-state index in [0.717, 1.165) is 16.9 Å². The minimum absolute atomic E-state index is 0.132. The van der Waals surface area contributed by atoms with E-state index in [1.165, 1.54) is 0 Å². The molecule has 0 atom stereocenters. The zero-order valence-electron chi connectivity index (χ0n) is 15.4. The van der Waals surface area contributed by atoms with Crippen molar-refractivity contribution in [2.24, 2.45) is 0 Å². The van der Waals surface area contributed by atoms with Crippen molar-refractivity contribution >= 4 is 11.8 Å². The Morgan fingerprint density at radius 3 is 2.42 bits per heavy atom. The summed E-state index contributed by atoms with van der Waals surface area (Å²) in [5, 5.41) is 2.81. The Hall–Kier alpha value is -2.82. The maximum Gasteiger partial charge on any atom is 0.232 e. The molecule has 0 spiro atoms. The molecule has 0 radical (unpaired) electrons. The minimum atomic E-state index is -0.253. The molecule has 0 saturated heterocycles. The highest BCUT2D eigenvalue weighted by Crippen LogP contribution is 2.17. The highest BCUT2D eigenvalue weighted by Gasteiger charge is 2.16. The molecular formula is C21H26N2O3. The second-order valence-corrected chi connectivity index (χ2v) is 5.98. The molecule has 5 heteroatoms. The van der Waals surface area contributed by atoms with Crippen molar-refractivity contribution in [2.75, 3.05) is 20.2 Å². The second kappa shape index (κ2) is 10.2. The molecule has 138 valence electrons. The number of amides is 2. The van der Waals surface area contributed by atoms with Gasteiger partial charge in [0.15, 0.2) is 0 Å². The van der Waals surface area contributed by atoms with Crippen molar-refractivity contribution in [3.63, 3.8) is 0 Å². The first-order valence-corrected chi connectivity index (χ1v) is 8.84. The minimum Gasteiger partial charge on any atom is -0.496 e. The van der Waals surface area contributed by atoms with Crippen molar-refractivity contribution in [1.29, 1.82) is 0 Å². The fourth-order valence-corrected chi connectivity index (χ4v) is 2.74. The van der Waals surface area contributed by atoms with Crippen LogP contribution in [0.1, 0.15) is 24.5 Å². The molecular weight excluding hydrogens is 328 g/mol. The van der Waals surface area contributed by atoms with E-state index in [2.05, 4.69) is 5.32 Å². The van der Waals surface area contributed by atoms with Crippen molar-refractivity contribution in [2.45, 2.75) is 26.3 Å². The third-order valence-electron chi connectivity index (χ3n) is 4.17. The summed E-state index contributed by atoms with van der Waals surface area (Å²) in [6.07, 6.45) is 0.526. The molecule has 0 aliphatic carbocycles. The van der Waals surface area contributed by atoms with Gasteiger partial charge in [-0.3, -0.25) is 9.59 Å². The highest BCUT2D eigenvalue weighted by molar-refractivity contribution is 5.96. The second-order valence-electron chi connectivity index (χ2n) is 5.98. The Morgan fingerprint density at radius 2 is 1.73 bits per heavy atom. The number of methoxy groups -OCH3 is 1. The van der Waals surface area contributed by atoms with Crippen LogP contribution in [0, 0.1) is 0 Å². The SMILES string of the molecule is CCN(Cc1ccccc1)C(=O)CC(=O)NCCc1ccccc1OC. The molecule has 2 aromatic carbocycles. The van der Waals surface area contributed by atoms with Gasteiger partial charge in [0.05, 0.1) is 7.11 Å². The zero-order valence-corrected chi connectivity index (χ0v) is 15.4. The Morgan fingerprint density at radius 1 is 1.04 bits per heavy atom. The average Bonchev–Trinajstić information content (AvgIpc) is 2.67. The van der Waals surface area contributed by atoms with Gasteiger partial charge in [0.1, 0.15) is 12.2 Å². The van der Waals surface area contributed by atoms with E-state index < -0.39 is 0 Å². The van der Waals surface area contributed by atoms with Crippen LogP contribution in [0.25, 0.3) is 0 Å². The molecule has 26 heavy (non-hydrogen) atoms.